The Morgan fingerprint density at radius 1 is 1.10 bits per heavy atom. The Balaban J connectivity index is 1.25. The molecule has 1 saturated heterocycles. The molecule has 7 heteroatoms. The SMILES string of the molecule is Cc1nccn1-c1ccc(C2(C(=O)N3CC[C@@]4(C3)OC(=O)c3cnccc34)CC2)cc1. The van der Waals surface area contributed by atoms with Crippen molar-refractivity contribution in [2.24, 2.45) is 0 Å². The first-order valence-corrected chi connectivity index (χ1v) is 10.6. The number of aryl methyl sites for hydroxylation is 1. The van der Waals surface area contributed by atoms with Crippen molar-refractivity contribution in [2.45, 2.75) is 37.2 Å². The van der Waals surface area contributed by atoms with Gasteiger partial charge in [-0.1, -0.05) is 12.1 Å². The molecule has 2 fully saturated rings. The van der Waals surface area contributed by atoms with Gasteiger partial charge in [-0.3, -0.25) is 9.78 Å². The molecule has 156 valence electrons. The number of carbonyl (C=O) groups excluding carboxylic acids is 2. The van der Waals surface area contributed by atoms with E-state index < -0.39 is 11.0 Å². The van der Waals surface area contributed by atoms with Gasteiger partial charge in [0.05, 0.1) is 17.5 Å². The molecule has 6 rings (SSSR count). The summed E-state index contributed by atoms with van der Waals surface area (Å²) in [6.45, 7) is 2.96. The number of pyridine rings is 1. The molecule has 0 bridgehead atoms. The second-order valence-corrected chi connectivity index (χ2v) is 8.76. The van der Waals surface area contributed by atoms with E-state index in [-0.39, 0.29) is 11.9 Å². The summed E-state index contributed by atoms with van der Waals surface area (Å²) in [5.74, 6) is 0.715. The zero-order valence-electron chi connectivity index (χ0n) is 17.2. The van der Waals surface area contributed by atoms with Crippen molar-refractivity contribution in [1.82, 2.24) is 19.4 Å². The van der Waals surface area contributed by atoms with E-state index in [9.17, 15) is 9.59 Å². The van der Waals surface area contributed by atoms with Crippen molar-refractivity contribution >= 4 is 11.9 Å². The zero-order valence-corrected chi connectivity index (χ0v) is 17.2. The highest BCUT2D eigenvalue weighted by Crippen LogP contribution is 2.52. The molecule has 1 aliphatic carbocycles. The van der Waals surface area contributed by atoms with Crippen LogP contribution in [0.5, 0.6) is 0 Å². The average molecular weight is 414 g/mol. The number of rotatable bonds is 3. The first-order chi connectivity index (χ1) is 15.0. The summed E-state index contributed by atoms with van der Waals surface area (Å²) in [6, 6.07) is 10.1. The smallest absolute Gasteiger partial charge is 0.341 e. The molecule has 1 spiro atoms. The molecule has 7 nitrogen and oxygen atoms in total. The molecule has 1 saturated carbocycles. The highest BCUT2D eigenvalue weighted by Gasteiger charge is 2.57. The Labute approximate surface area is 179 Å². The van der Waals surface area contributed by atoms with E-state index in [1.165, 1.54) is 0 Å². The van der Waals surface area contributed by atoms with Gasteiger partial charge in [0.25, 0.3) is 0 Å². The zero-order chi connectivity index (χ0) is 21.2. The van der Waals surface area contributed by atoms with Gasteiger partial charge in [-0.05, 0) is 43.5 Å². The molecule has 0 N–H and O–H groups in total. The lowest BCUT2D eigenvalue weighted by Gasteiger charge is -2.27. The van der Waals surface area contributed by atoms with E-state index in [0.29, 0.717) is 25.1 Å². The van der Waals surface area contributed by atoms with Crippen molar-refractivity contribution in [3.8, 4) is 5.69 Å². The second-order valence-electron chi connectivity index (χ2n) is 8.76. The fraction of sp³-hybridized carbons (Fsp3) is 0.333. The second kappa shape index (κ2) is 6.26. The Kier molecular flexibility index (Phi) is 3.70. The number of carbonyl (C=O) groups is 2. The van der Waals surface area contributed by atoms with E-state index in [1.54, 1.807) is 18.6 Å². The number of amides is 1. The summed E-state index contributed by atoms with van der Waals surface area (Å²) in [5.41, 5.74) is 2.26. The highest BCUT2D eigenvalue weighted by atomic mass is 16.6. The Hall–Kier alpha value is -3.48. The summed E-state index contributed by atoms with van der Waals surface area (Å²) in [5, 5.41) is 0. The molecule has 0 unspecified atom stereocenters. The highest BCUT2D eigenvalue weighted by molar-refractivity contribution is 5.95. The molecule has 3 aliphatic rings. The lowest BCUT2D eigenvalue weighted by Crippen LogP contribution is -2.40. The molecule has 2 aromatic heterocycles. The van der Waals surface area contributed by atoms with Crippen molar-refractivity contribution in [1.29, 1.82) is 0 Å². The topological polar surface area (TPSA) is 77.3 Å². The monoisotopic (exact) mass is 414 g/mol. The fourth-order valence-corrected chi connectivity index (χ4v) is 5.15. The molecular formula is C24H22N4O3. The quantitative estimate of drug-likeness (QED) is 0.616. The minimum Gasteiger partial charge on any atom is -0.449 e. The number of likely N-dealkylation sites (tertiary alicyclic amines) is 1. The third-order valence-electron chi connectivity index (χ3n) is 7.02. The molecular weight excluding hydrogens is 392 g/mol. The minimum atomic E-state index is -0.732. The van der Waals surface area contributed by atoms with Crippen molar-refractivity contribution in [3.05, 3.63) is 77.6 Å². The van der Waals surface area contributed by atoms with Gasteiger partial charge in [-0.2, -0.15) is 0 Å². The van der Waals surface area contributed by atoms with Crippen LogP contribution in [0, 0.1) is 6.92 Å². The number of nitrogens with zero attached hydrogens (tertiary/aromatic N) is 4. The summed E-state index contributed by atoms with van der Waals surface area (Å²) >= 11 is 0. The number of fused-ring (bicyclic) bond motifs is 2. The van der Waals surface area contributed by atoms with Crippen LogP contribution in [-0.4, -0.2) is 44.4 Å². The lowest BCUT2D eigenvalue weighted by atomic mass is 9.92. The Morgan fingerprint density at radius 3 is 2.61 bits per heavy atom. The summed E-state index contributed by atoms with van der Waals surface area (Å²) in [4.78, 5) is 36.1. The lowest BCUT2D eigenvalue weighted by molar-refractivity contribution is -0.134. The van der Waals surface area contributed by atoms with E-state index in [2.05, 4.69) is 22.1 Å². The average Bonchev–Trinajstić information content (AvgIpc) is 3.18. The number of hydrogen-bond donors (Lipinski definition) is 0. The van der Waals surface area contributed by atoms with E-state index in [4.69, 9.17) is 4.74 Å². The molecule has 1 atom stereocenters. The van der Waals surface area contributed by atoms with Crippen LogP contribution < -0.4 is 0 Å². The molecule has 4 heterocycles. The summed E-state index contributed by atoms with van der Waals surface area (Å²) in [7, 11) is 0. The van der Waals surface area contributed by atoms with Crippen LogP contribution in [0.1, 0.15) is 46.6 Å². The van der Waals surface area contributed by atoms with Gasteiger partial charge in [0, 0.05) is 49.0 Å². The van der Waals surface area contributed by atoms with Crippen LogP contribution >= 0.6 is 0 Å². The number of ether oxygens (including phenoxy) is 1. The van der Waals surface area contributed by atoms with Crippen molar-refractivity contribution in [2.75, 3.05) is 13.1 Å². The number of imidazole rings is 1. The maximum absolute atomic E-state index is 13.6. The predicted molar refractivity (Wildman–Crippen MR) is 112 cm³/mol. The van der Waals surface area contributed by atoms with Gasteiger partial charge in [0.1, 0.15) is 5.82 Å². The van der Waals surface area contributed by atoms with E-state index in [1.807, 2.05) is 40.8 Å². The van der Waals surface area contributed by atoms with Crippen LogP contribution in [0.2, 0.25) is 0 Å². The largest absolute Gasteiger partial charge is 0.449 e. The normalized spacial score (nSPS) is 23.1. The Bertz CT molecular complexity index is 1210. The summed E-state index contributed by atoms with van der Waals surface area (Å²) < 4.78 is 7.81. The van der Waals surface area contributed by atoms with Gasteiger partial charge in [-0.25, -0.2) is 9.78 Å². The molecule has 1 aromatic carbocycles. The minimum absolute atomic E-state index is 0.134. The fourth-order valence-electron chi connectivity index (χ4n) is 5.15. The van der Waals surface area contributed by atoms with E-state index >= 15 is 0 Å². The first kappa shape index (κ1) is 18.3. The van der Waals surface area contributed by atoms with Gasteiger partial charge >= 0.3 is 5.97 Å². The molecule has 0 radical (unpaired) electrons. The maximum atomic E-state index is 13.6. The van der Waals surface area contributed by atoms with E-state index in [0.717, 1.165) is 35.5 Å². The predicted octanol–water partition coefficient (Wildman–Crippen LogP) is 2.91. The number of benzene rings is 1. The molecule has 2 aliphatic heterocycles. The number of hydrogen-bond acceptors (Lipinski definition) is 5. The van der Waals surface area contributed by atoms with Crippen LogP contribution in [0.25, 0.3) is 5.69 Å². The number of aromatic nitrogens is 3. The standard InChI is InChI=1S/C24H22N4O3/c1-16-26-11-13-28(16)18-4-2-17(3-5-18)23(7-8-23)22(30)27-12-9-24(15-27)20-6-10-25-14-19(20)21(29)31-24/h2-6,10-11,13-14H,7-9,12,15H2,1H3/t24-/m0/s1. The third kappa shape index (κ3) is 2.59. The van der Waals surface area contributed by atoms with Crippen LogP contribution in [0.4, 0.5) is 0 Å². The maximum Gasteiger partial charge on any atom is 0.341 e. The van der Waals surface area contributed by atoms with Crippen molar-refractivity contribution < 1.29 is 14.3 Å². The summed E-state index contributed by atoms with van der Waals surface area (Å²) in [6.07, 6.45) is 9.26. The molecule has 31 heavy (non-hydrogen) atoms. The van der Waals surface area contributed by atoms with Gasteiger partial charge in [0.15, 0.2) is 5.60 Å². The van der Waals surface area contributed by atoms with Gasteiger partial charge in [-0.15, -0.1) is 0 Å². The van der Waals surface area contributed by atoms with Crippen LogP contribution in [-0.2, 0) is 20.5 Å². The molecule has 3 aromatic rings. The first-order valence-electron chi connectivity index (χ1n) is 10.6. The van der Waals surface area contributed by atoms with Crippen LogP contribution in [0.15, 0.2) is 55.1 Å². The molecule has 1 amide bonds. The van der Waals surface area contributed by atoms with Gasteiger partial charge < -0.3 is 14.2 Å². The van der Waals surface area contributed by atoms with Gasteiger partial charge in [0.2, 0.25) is 5.91 Å². The van der Waals surface area contributed by atoms with Crippen LogP contribution in [0.3, 0.4) is 0 Å². The third-order valence-corrected chi connectivity index (χ3v) is 7.02. The Morgan fingerprint density at radius 2 is 1.90 bits per heavy atom. The number of esters is 1. The van der Waals surface area contributed by atoms with Crippen molar-refractivity contribution in [3.63, 3.8) is 0 Å².